The molecule has 3 heterocycles. The second-order valence-electron chi connectivity index (χ2n) is 8.03. The Hall–Kier alpha value is -2.78. The lowest BCUT2D eigenvalue weighted by Crippen LogP contribution is -2.44. The zero-order chi connectivity index (χ0) is 23.0. The van der Waals surface area contributed by atoms with Gasteiger partial charge < -0.3 is 25.7 Å². The van der Waals surface area contributed by atoms with Crippen molar-refractivity contribution >= 4 is 28.9 Å². The first-order valence-corrected chi connectivity index (χ1v) is 10.7. The molecule has 0 unspecified atom stereocenters. The van der Waals surface area contributed by atoms with Crippen molar-refractivity contribution < 1.29 is 18.3 Å². The number of aliphatic imine (C=N–C) groups is 1. The molecule has 10 heteroatoms. The smallest absolute Gasteiger partial charge is 0.258 e. The van der Waals surface area contributed by atoms with Crippen LogP contribution in [0, 0.1) is 11.2 Å². The van der Waals surface area contributed by atoms with Gasteiger partial charge in [0.15, 0.2) is 0 Å². The van der Waals surface area contributed by atoms with E-state index < -0.39 is 24.0 Å². The lowest BCUT2D eigenvalue weighted by Gasteiger charge is -2.28. The number of halogens is 3. The number of carbonyl (C=O) groups excluding carboxylic acids is 1. The Morgan fingerprint density at radius 3 is 2.84 bits per heavy atom. The van der Waals surface area contributed by atoms with Gasteiger partial charge in [-0.15, -0.1) is 0 Å². The van der Waals surface area contributed by atoms with Gasteiger partial charge in [0, 0.05) is 23.9 Å². The van der Waals surface area contributed by atoms with Crippen molar-refractivity contribution in [2.75, 3.05) is 26.2 Å². The summed E-state index contributed by atoms with van der Waals surface area (Å²) in [7, 11) is 0. The molecule has 1 amide bonds. The van der Waals surface area contributed by atoms with Crippen molar-refractivity contribution in [1.82, 2.24) is 15.5 Å². The summed E-state index contributed by atoms with van der Waals surface area (Å²) in [6.07, 6.45) is -1.61. The van der Waals surface area contributed by atoms with Gasteiger partial charge in [-0.25, -0.2) is 13.8 Å². The maximum absolute atomic E-state index is 14.2. The first-order chi connectivity index (χ1) is 15.2. The number of likely N-dealkylation sites (tertiary alicyclic amines) is 1. The standard InChI is InChI=1S/C22H24ClF2N5O2/c1-11-20(23)12(2)29-21(28-11)15-9-30(10-17(15)26)22(31)14-4-3-13(24)7-19(14)32-18-5-6-27-8-16(18)25/h3-4,7,16,18,26-28H,5-6,8-10H2,1-2H3/b21-15+,26-17?/t16-,18-/m1/s1. The number of rotatable bonds is 3. The number of ether oxygens (including phenoxy) is 1. The summed E-state index contributed by atoms with van der Waals surface area (Å²) < 4.78 is 33.9. The minimum Gasteiger partial charge on any atom is -0.486 e. The van der Waals surface area contributed by atoms with E-state index in [4.69, 9.17) is 21.7 Å². The average Bonchev–Trinajstić information content (AvgIpc) is 3.14. The van der Waals surface area contributed by atoms with Crippen LogP contribution < -0.4 is 15.4 Å². The fourth-order valence-corrected chi connectivity index (χ4v) is 4.00. The molecule has 2 atom stereocenters. The molecule has 7 nitrogen and oxygen atoms in total. The maximum Gasteiger partial charge on any atom is 0.258 e. The molecule has 1 aromatic rings. The Bertz CT molecular complexity index is 1070. The molecular formula is C22H24ClF2N5O2. The molecule has 0 aromatic heterocycles. The van der Waals surface area contributed by atoms with Crippen molar-refractivity contribution in [1.29, 1.82) is 5.41 Å². The molecule has 0 radical (unpaired) electrons. The predicted molar refractivity (Wildman–Crippen MR) is 119 cm³/mol. The van der Waals surface area contributed by atoms with Crippen LogP contribution >= 0.6 is 11.6 Å². The van der Waals surface area contributed by atoms with Crippen LogP contribution in [0.2, 0.25) is 0 Å². The highest BCUT2D eigenvalue weighted by atomic mass is 35.5. The van der Waals surface area contributed by atoms with Crippen molar-refractivity contribution in [2.45, 2.75) is 32.5 Å². The third-order valence-electron chi connectivity index (χ3n) is 5.67. The van der Waals surface area contributed by atoms with Crippen LogP contribution in [0.5, 0.6) is 5.75 Å². The lowest BCUT2D eigenvalue weighted by atomic mass is 10.1. The van der Waals surface area contributed by atoms with Crippen LogP contribution in [0.1, 0.15) is 30.6 Å². The number of piperidine rings is 1. The summed E-state index contributed by atoms with van der Waals surface area (Å²) in [6.45, 7) is 4.53. The Morgan fingerprint density at radius 2 is 2.12 bits per heavy atom. The molecule has 2 fully saturated rings. The highest BCUT2D eigenvalue weighted by molar-refractivity contribution is 6.43. The lowest BCUT2D eigenvalue weighted by molar-refractivity contribution is 0.0678. The molecular weight excluding hydrogens is 440 g/mol. The van der Waals surface area contributed by atoms with E-state index in [2.05, 4.69) is 15.6 Å². The molecule has 2 saturated heterocycles. The number of alkyl halides is 1. The van der Waals surface area contributed by atoms with Gasteiger partial charge in [-0.05, 0) is 38.9 Å². The quantitative estimate of drug-likeness (QED) is 0.642. The predicted octanol–water partition coefficient (Wildman–Crippen LogP) is 3.13. The summed E-state index contributed by atoms with van der Waals surface area (Å²) in [5.41, 5.74) is 2.30. The minimum absolute atomic E-state index is 0.00685. The Kier molecular flexibility index (Phi) is 6.30. The van der Waals surface area contributed by atoms with E-state index in [9.17, 15) is 13.6 Å². The summed E-state index contributed by atoms with van der Waals surface area (Å²) in [4.78, 5) is 19.2. The van der Waals surface area contributed by atoms with Crippen LogP contribution in [-0.4, -0.2) is 60.7 Å². The fraction of sp³-hybridized carbons (Fsp3) is 0.409. The van der Waals surface area contributed by atoms with E-state index in [0.29, 0.717) is 35.1 Å². The molecule has 32 heavy (non-hydrogen) atoms. The van der Waals surface area contributed by atoms with Crippen molar-refractivity contribution in [3.63, 3.8) is 0 Å². The first kappa shape index (κ1) is 22.4. The number of allylic oxidation sites excluding steroid dienone is 2. The van der Waals surface area contributed by atoms with Gasteiger partial charge in [-0.1, -0.05) is 11.6 Å². The number of benzene rings is 1. The summed E-state index contributed by atoms with van der Waals surface area (Å²) >= 11 is 6.18. The van der Waals surface area contributed by atoms with Gasteiger partial charge in [-0.2, -0.15) is 0 Å². The molecule has 4 rings (SSSR count). The van der Waals surface area contributed by atoms with E-state index >= 15 is 0 Å². The SMILES string of the molecule is CC1=N/C(=C2\CN(C(=O)c3ccc(F)cc3O[C@@H]3CCNC[C@H]3F)CC2=N)NC(C)=C1Cl. The molecule has 3 N–H and O–H groups in total. The molecule has 0 spiro atoms. The van der Waals surface area contributed by atoms with Crippen molar-refractivity contribution in [2.24, 2.45) is 4.99 Å². The van der Waals surface area contributed by atoms with Gasteiger partial charge in [0.2, 0.25) is 0 Å². The van der Waals surface area contributed by atoms with Gasteiger partial charge >= 0.3 is 0 Å². The third kappa shape index (κ3) is 4.40. The highest BCUT2D eigenvalue weighted by Gasteiger charge is 2.33. The highest BCUT2D eigenvalue weighted by Crippen LogP contribution is 2.28. The Balaban J connectivity index is 1.58. The number of hydrogen-bond donors (Lipinski definition) is 3. The second-order valence-corrected chi connectivity index (χ2v) is 8.41. The van der Waals surface area contributed by atoms with Crippen LogP contribution in [0.3, 0.4) is 0 Å². The number of nitrogens with zero attached hydrogens (tertiary/aromatic N) is 2. The average molecular weight is 464 g/mol. The zero-order valence-corrected chi connectivity index (χ0v) is 18.5. The van der Waals surface area contributed by atoms with Crippen molar-refractivity contribution in [3.05, 3.63) is 51.7 Å². The van der Waals surface area contributed by atoms with Gasteiger partial charge in [-0.3, -0.25) is 4.79 Å². The number of carbonyl (C=O) groups is 1. The van der Waals surface area contributed by atoms with Crippen LogP contribution in [0.4, 0.5) is 8.78 Å². The largest absolute Gasteiger partial charge is 0.486 e. The first-order valence-electron chi connectivity index (χ1n) is 10.3. The summed E-state index contributed by atoms with van der Waals surface area (Å²) in [6, 6.07) is 3.61. The number of amides is 1. The van der Waals surface area contributed by atoms with E-state index in [1.54, 1.807) is 6.92 Å². The number of hydrogen-bond acceptors (Lipinski definition) is 6. The topological polar surface area (TPSA) is 89.8 Å². The van der Waals surface area contributed by atoms with Gasteiger partial charge in [0.1, 0.15) is 29.7 Å². The molecule has 0 bridgehead atoms. The molecule has 1 aromatic carbocycles. The Labute approximate surface area is 189 Å². The Morgan fingerprint density at radius 1 is 1.34 bits per heavy atom. The third-order valence-corrected chi connectivity index (χ3v) is 6.23. The van der Waals surface area contributed by atoms with E-state index in [0.717, 1.165) is 11.8 Å². The van der Waals surface area contributed by atoms with E-state index in [1.807, 2.05) is 6.92 Å². The van der Waals surface area contributed by atoms with Crippen LogP contribution in [0.15, 0.2) is 45.3 Å². The number of nitrogens with one attached hydrogen (secondary N) is 3. The summed E-state index contributed by atoms with van der Waals surface area (Å²) in [5.74, 6) is -0.512. The van der Waals surface area contributed by atoms with Crippen molar-refractivity contribution in [3.8, 4) is 5.75 Å². The summed E-state index contributed by atoms with van der Waals surface area (Å²) in [5, 5.41) is 14.9. The van der Waals surface area contributed by atoms with E-state index in [-0.39, 0.29) is 36.7 Å². The van der Waals surface area contributed by atoms with Gasteiger partial charge in [0.25, 0.3) is 5.91 Å². The second kappa shape index (κ2) is 8.99. The molecule has 170 valence electrons. The molecule has 3 aliphatic rings. The minimum atomic E-state index is -1.26. The monoisotopic (exact) mass is 463 g/mol. The maximum atomic E-state index is 14.2. The van der Waals surface area contributed by atoms with Crippen LogP contribution in [-0.2, 0) is 0 Å². The molecule has 0 aliphatic carbocycles. The molecule has 3 aliphatic heterocycles. The molecule has 0 saturated carbocycles. The van der Waals surface area contributed by atoms with E-state index in [1.165, 1.54) is 17.0 Å². The normalized spacial score (nSPS) is 26.2. The zero-order valence-electron chi connectivity index (χ0n) is 17.8. The van der Waals surface area contributed by atoms with Gasteiger partial charge in [0.05, 0.1) is 35.1 Å². The fourth-order valence-electron chi connectivity index (χ4n) is 3.91. The van der Waals surface area contributed by atoms with Crippen LogP contribution in [0.25, 0.3) is 0 Å².